The monoisotopic (exact) mass is 1350 g/mol. The Bertz CT molecular complexity index is 4480. The molecule has 0 spiro atoms. The number of hydrogen-bond donors (Lipinski definition) is 4. The van der Waals surface area contributed by atoms with E-state index >= 15 is 0 Å². The number of hydrogen-bond acceptors (Lipinski definition) is 30. The molecule has 89 heavy (non-hydrogen) atoms. The van der Waals surface area contributed by atoms with Gasteiger partial charge in [0.15, 0.2) is 22.8 Å². The van der Waals surface area contributed by atoms with Crippen molar-refractivity contribution in [3.63, 3.8) is 0 Å². The van der Waals surface area contributed by atoms with Gasteiger partial charge in [0.2, 0.25) is 0 Å². The summed E-state index contributed by atoms with van der Waals surface area (Å²) < 4.78 is 78.1. The number of nitrogens with zero attached hydrogens (tertiary/aromatic N) is 12. The van der Waals surface area contributed by atoms with Gasteiger partial charge < -0.3 is 9.97 Å². The summed E-state index contributed by atoms with van der Waals surface area (Å²) in [5.41, 5.74) is -35.6. The summed E-state index contributed by atoms with van der Waals surface area (Å²) in [7, 11) is -10.5. The predicted octanol–water partition coefficient (Wildman–Crippen LogP) is 7.98. The van der Waals surface area contributed by atoms with Gasteiger partial charge in [0.25, 0.3) is 20.2 Å². The number of benzene rings is 4. The summed E-state index contributed by atoms with van der Waals surface area (Å²) in [4.78, 5) is 111. The molecule has 0 saturated heterocycles. The van der Waals surface area contributed by atoms with Gasteiger partial charge in [-0.2, -0.15) is 16.8 Å². The number of rotatable bonds is 20. The molecule has 2 aliphatic heterocycles. The van der Waals surface area contributed by atoms with Gasteiger partial charge in [0.1, 0.15) is 0 Å². The normalized spacial score (nSPS) is 12.4. The predicted molar refractivity (Wildman–Crippen MR) is 290 cm³/mol. The largest absolute Gasteiger partial charge is 2.00 e. The van der Waals surface area contributed by atoms with Gasteiger partial charge in [-0.15, -0.1) is 8.67 Å². The van der Waals surface area contributed by atoms with Gasteiger partial charge in [-0.25, -0.2) is 20.5 Å². The van der Waals surface area contributed by atoms with Crippen LogP contribution in [0, 0.1) is 80.9 Å². The van der Waals surface area contributed by atoms with Crippen molar-refractivity contribution in [2.45, 2.75) is 19.6 Å². The van der Waals surface area contributed by atoms with Gasteiger partial charge in [-0.1, -0.05) is 58.6 Å². The van der Waals surface area contributed by atoms with Gasteiger partial charge >= 0.3 is 62.6 Å². The fraction of sp³-hybridized carbons (Fsp3) is 0. The zero-order valence-corrected chi connectivity index (χ0v) is 46.6. The number of fused-ring (bicyclic) bond motifs is 8. The molecule has 0 amide bonds. The zero-order chi connectivity index (χ0) is 64.2. The first kappa shape index (κ1) is 64.5. The van der Waals surface area contributed by atoms with Crippen molar-refractivity contribution in [1.82, 2.24) is 19.9 Å². The molecule has 0 aliphatic carbocycles. The second-order valence-electron chi connectivity index (χ2n) is 17.1. The van der Waals surface area contributed by atoms with Gasteiger partial charge in [-0.3, -0.25) is 90.0 Å². The summed E-state index contributed by atoms with van der Waals surface area (Å²) in [6.45, 7) is 0. The second-order valence-corrected chi connectivity index (χ2v) is 21.5. The Morgan fingerprint density at radius 1 is 0.371 bits per heavy atom. The van der Waals surface area contributed by atoms with Crippen LogP contribution in [0.25, 0.3) is 89.4 Å². The molecule has 4 aromatic carbocycles. The van der Waals surface area contributed by atoms with E-state index in [-0.39, 0.29) is 50.9 Å². The minimum atomic E-state index is -5.23. The first-order chi connectivity index (χ1) is 41.5. The Kier molecular flexibility index (Phi) is 17.9. The van der Waals surface area contributed by atoms with Gasteiger partial charge in [-0.05, 0) is 92.9 Å². The summed E-state index contributed by atoms with van der Waals surface area (Å²) >= 11 is 0.489. The Balaban J connectivity index is 0.0000102. The van der Waals surface area contributed by atoms with Crippen LogP contribution in [-0.4, -0.2) is 85.8 Å². The van der Waals surface area contributed by atoms with E-state index in [1.165, 1.54) is 0 Å². The van der Waals surface area contributed by atoms with Crippen LogP contribution in [0.5, 0.6) is 0 Å². The van der Waals surface area contributed by atoms with Crippen LogP contribution < -0.4 is 9.97 Å². The van der Waals surface area contributed by atoms with Crippen LogP contribution in [0.3, 0.4) is 0 Å². The van der Waals surface area contributed by atoms with Crippen molar-refractivity contribution < 1.29 is 112 Å². The van der Waals surface area contributed by atoms with Crippen molar-refractivity contribution in [1.29, 1.82) is 0 Å². The average Bonchev–Trinajstić information content (AvgIpc) is 1.62. The number of nitro groups is 8. The van der Waals surface area contributed by atoms with E-state index in [0.29, 0.717) is 48.5 Å². The van der Waals surface area contributed by atoms with Crippen LogP contribution in [0.2, 0.25) is 0 Å². The van der Waals surface area contributed by atoms with E-state index in [1.54, 1.807) is 0 Å². The summed E-state index contributed by atoms with van der Waals surface area (Å²) in [6.07, 6.45) is 0. The molecular weight excluding hydrogens is 1330 g/mol. The molecule has 9 rings (SSSR count). The topological polar surface area (TPSA) is 585 Å². The fourth-order valence-electron chi connectivity index (χ4n) is 9.14. The van der Waals surface area contributed by atoms with Crippen molar-refractivity contribution >= 4 is 112 Å². The smallest absolute Gasteiger partial charge is 0.645 e. The quantitative estimate of drug-likeness (QED) is 0.0140. The molecule has 0 atom stereocenters. The Labute approximate surface area is 506 Å². The van der Waals surface area contributed by atoms with E-state index in [4.69, 9.17) is 10.5 Å². The summed E-state index contributed by atoms with van der Waals surface area (Å²) in [5.74, 6) is 0. The third kappa shape index (κ3) is 11.8. The van der Waals surface area contributed by atoms with E-state index in [9.17, 15) is 107 Å². The Hall–Kier alpha value is -10.5. The molecule has 0 saturated carbocycles. The Morgan fingerprint density at radius 2 is 0.584 bits per heavy atom. The molecule has 40 nitrogen and oxygen atoms in total. The van der Waals surface area contributed by atoms with E-state index in [0.717, 1.165) is 48.5 Å². The van der Waals surface area contributed by atoms with Crippen molar-refractivity contribution in [3.8, 4) is 44.5 Å². The molecule has 4 N–H and O–H groups in total. The average molecular weight is 1350 g/mol. The second kappa shape index (κ2) is 24.7. The van der Waals surface area contributed by atoms with Crippen molar-refractivity contribution in [2.24, 2.45) is 0 Å². The molecule has 455 valence electrons. The molecule has 7 aromatic rings. The minimum absolute atomic E-state index is 0. The molecule has 45 heteroatoms. The zero-order valence-electron chi connectivity index (χ0n) is 42.2. The van der Waals surface area contributed by atoms with Crippen molar-refractivity contribution in [2.75, 3.05) is 0 Å². The molecule has 0 fully saturated rings. The fourth-order valence-corrected chi connectivity index (χ4v) is 10.8. The SMILES string of the molecule is O=[N+]([O-])C1=C([N+](=O)[O-])c2nc1c(-c1ccc(SOOO)cc1)c1[n-]c(c(-c3ccc(SOOO)cc3)c3nc(c(-c4ccc(S(=O)(=O)O)cc4)c4[n-]c(c2-c2ccc(S(=O)(=O)O)cc2)c([N+](=O)[O-])c4[N+](=O)[O-])C([N+](=O)[O-])=C3[N+](=O)[O-])c([N+](=O)[O-])c1[N+](=O)[O-].[Mn+2]. The first-order valence-corrected chi connectivity index (χ1v) is 27.0. The molecular formula is C44H20MnN12O28S4. The maximum Gasteiger partial charge on any atom is 2.00 e. The van der Waals surface area contributed by atoms with Crippen LogP contribution in [-0.2, 0) is 56.0 Å². The molecule has 5 heterocycles. The summed E-state index contributed by atoms with van der Waals surface area (Å²) in [6, 6.07) is 11.8. The summed E-state index contributed by atoms with van der Waals surface area (Å²) in [5, 5.41) is 134. The van der Waals surface area contributed by atoms with Crippen LogP contribution in [0.1, 0.15) is 22.8 Å². The standard InChI is InChI=1S/C44H20N12O28S4.Mn/c57-49(58)37-29-25(17-1-9-21(10-2-17)85-83-81-73)31-39(51(61)62)41(53(65)66)33(46-31)27(19-5-13-23(14-6-19)87(75,76)77)35-43(55(69)70)44(56(71)72)36(48-35)28(20-7-15-24(16-8-20)88(78,79)80)34-42(54(67)68)40(52(63)64)32(47-34)26(30(45-29)38(37)50(59)60)18-3-11-22(12-4-18)86-84-82-74;/h1-16,73-74H,(H,75,76,77)(H,78,79,80);/q-2;+2. The molecule has 2 aliphatic rings. The third-order valence-corrected chi connectivity index (χ3v) is 15.4. The van der Waals surface area contributed by atoms with Crippen molar-refractivity contribution in [3.05, 3.63) is 201 Å². The third-order valence-electron chi connectivity index (χ3n) is 12.4. The maximum absolute atomic E-state index is 13.7. The van der Waals surface area contributed by atoms with E-state index < -0.39 is 204 Å². The first-order valence-electron chi connectivity index (χ1n) is 22.7. The van der Waals surface area contributed by atoms with Crippen LogP contribution >= 0.6 is 24.1 Å². The van der Waals surface area contributed by atoms with Crippen LogP contribution in [0.4, 0.5) is 22.7 Å². The molecule has 8 bridgehead atoms. The van der Waals surface area contributed by atoms with Crippen LogP contribution in [0.15, 0.2) is 117 Å². The van der Waals surface area contributed by atoms with E-state index in [2.05, 4.69) is 38.7 Å². The number of aromatic nitrogens is 4. The molecule has 3 aromatic heterocycles. The molecule has 1 radical (unpaired) electrons. The minimum Gasteiger partial charge on any atom is -0.645 e. The van der Waals surface area contributed by atoms with Gasteiger partial charge in [0.05, 0.1) is 73.3 Å². The molecule has 0 unspecified atom stereocenters. The Morgan fingerprint density at radius 3 is 0.764 bits per heavy atom. The van der Waals surface area contributed by atoms with Gasteiger partial charge in [0, 0.05) is 32.0 Å². The van der Waals surface area contributed by atoms with E-state index in [1.807, 2.05) is 0 Å². The maximum atomic E-state index is 13.7.